The van der Waals surface area contributed by atoms with Crippen LogP contribution in [0.1, 0.15) is 52.9 Å². The molecule has 0 saturated carbocycles. The first-order valence-corrected chi connectivity index (χ1v) is 10.7. The lowest BCUT2D eigenvalue weighted by atomic mass is 9.76. The number of rotatable bonds is 8. The molecule has 0 aliphatic carbocycles. The first-order chi connectivity index (χ1) is 14.8. The Bertz CT molecular complexity index is 970. The molecule has 156 valence electrons. The average Bonchev–Trinajstić information content (AvgIpc) is 3.56. The highest BCUT2D eigenvalue weighted by Gasteiger charge is 2.51. The quantitative estimate of drug-likeness (QED) is 0.560. The van der Waals surface area contributed by atoms with E-state index in [-0.39, 0.29) is 24.0 Å². The number of H-pyrrole nitrogens is 1. The number of fused-ring (bicyclic) bond motifs is 2. The van der Waals surface area contributed by atoms with Crippen molar-refractivity contribution in [3.63, 3.8) is 0 Å². The second kappa shape index (κ2) is 8.44. The molecule has 2 aliphatic heterocycles. The lowest BCUT2D eigenvalue weighted by Gasteiger charge is -2.25. The van der Waals surface area contributed by atoms with E-state index < -0.39 is 0 Å². The lowest BCUT2D eigenvalue weighted by molar-refractivity contribution is 0.0898. The molecule has 0 radical (unpaired) electrons. The maximum Gasteiger partial charge on any atom is 0.273 e. The van der Waals surface area contributed by atoms with Crippen molar-refractivity contribution >= 4 is 5.91 Å². The second-order valence-electron chi connectivity index (χ2n) is 8.14. The first-order valence-electron chi connectivity index (χ1n) is 10.7. The van der Waals surface area contributed by atoms with Crippen LogP contribution in [0.5, 0.6) is 0 Å². The summed E-state index contributed by atoms with van der Waals surface area (Å²) in [6.07, 6.45) is 10.0. The first kappa shape index (κ1) is 19.1. The van der Waals surface area contributed by atoms with E-state index in [0.29, 0.717) is 24.0 Å². The number of benzene rings is 1. The second-order valence-corrected chi connectivity index (χ2v) is 8.14. The summed E-state index contributed by atoms with van der Waals surface area (Å²) in [5, 5.41) is 2.92. The molecule has 5 rings (SSSR count). The van der Waals surface area contributed by atoms with Crippen molar-refractivity contribution in [3.8, 4) is 0 Å². The molecule has 2 saturated heterocycles. The fourth-order valence-electron chi connectivity index (χ4n) is 4.79. The fraction of sp³-hybridized carbons (Fsp3) is 0.435. The van der Waals surface area contributed by atoms with Gasteiger partial charge in [0.25, 0.3) is 5.91 Å². The molecule has 2 N–H and O–H groups in total. The molecule has 7 heteroatoms. The monoisotopic (exact) mass is 406 g/mol. The van der Waals surface area contributed by atoms with Crippen molar-refractivity contribution in [2.75, 3.05) is 6.54 Å². The third kappa shape index (κ3) is 3.89. The van der Waals surface area contributed by atoms with Crippen LogP contribution in [0.3, 0.4) is 0 Å². The van der Waals surface area contributed by atoms with Crippen molar-refractivity contribution < 1.29 is 13.9 Å². The van der Waals surface area contributed by atoms with Crippen molar-refractivity contribution in [3.05, 3.63) is 72.0 Å². The van der Waals surface area contributed by atoms with Gasteiger partial charge >= 0.3 is 0 Å². The molecular weight excluding hydrogens is 380 g/mol. The minimum Gasteiger partial charge on any atom is -0.448 e. The molecule has 4 atom stereocenters. The molecule has 2 aromatic heterocycles. The summed E-state index contributed by atoms with van der Waals surface area (Å²) in [6, 6.07) is 10.5. The van der Waals surface area contributed by atoms with E-state index in [0.717, 1.165) is 37.9 Å². The maximum absolute atomic E-state index is 12.5. The normalized spacial score (nSPS) is 24.9. The number of aromatic nitrogens is 3. The summed E-state index contributed by atoms with van der Waals surface area (Å²) in [6.45, 7) is 0.565. The van der Waals surface area contributed by atoms with Crippen molar-refractivity contribution in [1.82, 2.24) is 20.3 Å². The van der Waals surface area contributed by atoms with Crippen LogP contribution < -0.4 is 5.32 Å². The minimum absolute atomic E-state index is 0.101. The van der Waals surface area contributed by atoms with Gasteiger partial charge in [0.2, 0.25) is 5.89 Å². The van der Waals surface area contributed by atoms with Crippen LogP contribution in [0.25, 0.3) is 0 Å². The number of aromatic amines is 1. The molecule has 7 nitrogen and oxygen atoms in total. The van der Waals surface area contributed by atoms with Crippen LogP contribution in [-0.4, -0.2) is 39.6 Å². The van der Waals surface area contributed by atoms with Crippen molar-refractivity contribution in [1.29, 1.82) is 0 Å². The topological polar surface area (TPSA) is 93.0 Å². The minimum atomic E-state index is -0.201. The van der Waals surface area contributed by atoms with Crippen LogP contribution in [0.15, 0.2) is 53.4 Å². The fourth-order valence-corrected chi connectivity index (χ4v) is 4.79. The number of hydrogen-bond donors (Lipinski definition) is 2. The van der Waals surface area contributed by atoms with E-state index >= 15 is 0 Å². The van der Waals surface area contributed by atoms with Crippen molar-refractivity contribution in [2.45, 2.75) is 50.2 Å². The summed E-state index contributed by atoms with van der Waals surface area (Å²) in [7, 11) is 0. The number of nitrogens with one attached hydrogen (secondary N) is 2. The molecule has 2 fully saturated rings. The van der Waals surface area contributed by atoms with Gasteiger partial charge in [-0.1, -0.05) is 30.3 Å². The Labute approximate surface area is 175 Å². The number of oxazole rings is 1. The number of ether oxygens (including phenoxy) is 1. The van der Waals surface area contributed by atoms with E-state index in [1.807, 2.05) is 6.07 Å². The third-order valence-electron chi connectivity index (χ3n) is 6.21. The summed E-state index contributed by atoms with van der Waals surface area (Å²) in [5.74, 6) is 1.78. The Morgan fingerprint density at radius 3 is 2.90 bits per heavy atom. The van der Waals surface area contributed by atoms with Crippen LogP contribution >= 0.6 is 0 Å². The zero-order valence-corrected chi connectivity index (χ0v) is 16.8. The van der Waals surface area contributed by atoms with Crippen LogP contribution in [0.4, 0.5) is 0 Å². The molecule has 0 unspecified atom stereocenters. The molecular formula is C23H26N4O3. The van der Waals surface area contributed by atoms with Gasteiger partial charge in [0.05, 0.1) is 18.1 Å². The number of carbonyl (C=O) groups is 1. The summed E-state index contributed by atoms with van der Waals surface area (Å²) >= 11 is 0. The standard InChI is InChI=1S/C23H26N4O3/c28-22(26-10-4-7-20-24-11-12-25-20)17-14-29-23(27-17)21-16(18-8-9-19(21)30-18)13-15-5-2-1-3-6-15/h1-3,5-6,11-12,14,16,18-19,21H,4,7-10,13H2,(H,24,25)(H,26,28)/t16-,18-,19+,21-/m0/s1. The molecule has 3 aromatic rings. The highest BCUT2D eigenvalue weighted by molar-refractivity contribution is 5.91. The van der Waals surface area contributed by atoms with Gasteiger partial charge in [-0.3, -0.25) is 4.79 Å². The van der Waals surface area contributed by atoms with Gasteiger partial charge in [-0.25, -0.2) is 9.97 Å². The van der Waals surface area contributed by atoms with E-state index in [2.05, 4.69) is 44.5 Å². The summed E-state index contributed by atoms with van der Waals surface area (Å²) in [5.41, 5.74) is 1.63. The van der Waals surface area contributed by atoms with E-state index in [1.165, 1.54) is 11.8 Å². The molecule has 1 aromatic carbocycles. The SMILES string of the molecule is O=C(NCCCc1ncc[nH]1)c1coc([C@H]2[C@@H](Cc3ccccc3)[C@@H]3CC[C@H]2O3)n1. The van der Waals surface area contributed by atoms with Gasteiger partial charge in [0.15, 0.2) is 5.69 Å². The number of carbonyl (C=O) groups excluding carboxylic acids is 1. The Hall–Kier alpha value is -2.93. The Morgan fingerprint density at radius 1 is 1.20 bits per heavy atom. The van der Waals surface area contributed by atoms with Crippen LogP contribution in [0.2, 0.25) is 0 Å². The van der Waals surface area contributed by atoms with Gasteiger partial charge in [0, 0.05) is 31.3 Å². The van der Waals surface area contributed by atoms with Crippen LogP contribution in [0, 0.1) is 5.92 Å². The largest absolute Gasteiger partial charge is 0.448 e. The number of hydrogen-bond acceptors (Lipinski definition) is 5. The molecule has 30 heavy (non-hydrogen) atoms. The predicted molar refractivity (Wildman–Crippen MR) is 110 cm³/mol. The predicted octanol–water partition coefficient (Wildman–Crippen LogP) is 3.26. The smallest absolute Gasteiger partial charge is 0.273 e. The maximum atomic E-state index is 12.5. The van der Waals surface area contributed by atoms with E-state index in [1.54, 1.807) is 12.4 Å². The van der Waals surface area contributed by atoms with E-state index in [9.17, 15) is 4.79 Å². The summed E-state index contributed by atoms with van der Waals surface area (Å²) < 4.78 is 12.0. The van der Waals surface area contributed by atoms with Gasteiger partial charge in [-0.15, -0.1) is 0 Å². The molecule has 2 aliphatic rings. The van der Waals surface area contributed by atoms with Gasteiger partial charge in [-0.2, -0.15) is 0 Å². The molecule has 2 bridgehead atoms. The Kier molecular flexibility index (Phi) is 5.36. The Morgan fingerprint density at radius 2 is 2.07 bits per heavy atom. The molecule has 1 amide bonds. The number of nitrogens with zero attached hydrogens (tertiary/aromatic N) is 2. The number of amides is 1. The van der Waals surface area contributed by atoms with Crippen molar-refractivity contribution in [2.24, 2.45) is 5.92 Å². The zero-order chi connectivity index (χ0) is 20.3. The highest BCUT2D eigenvalue weighted by atomic mass is 16.5. The average molecular weight is 406 g/mol. The zero-order valence-electron chi connectivity index (χ0n) is 16.8. The molecule has 4 heterocycles. The molecule has 0 spiro atoms. The van der Waals surface area contributed by atoms with Gasteiger partial charge in [0.1, 0.15) is 12.1 Å². The summed E-state index contributed by atoms with van der Waals surface area (Å²) in [4.78, 5) is 24.3. The lowest BCUT2D eigenvalue weighted by Crippen LogP contribution is -2.28. The number of aryl methyl sites for hydroxylation is 1. The van der Waals surface area contributed by atoms with Gasteiger partial charge < -0.3 is 19.5 Å². The third-order valence-corrected chi connectivity index (χ3v) is 6.21. The van der Waals surface area contributed by atoms with Crippen LogP contribution in [-0.2, 0) is 17.6 Å². The van der Waals surface area contributed by atoms with Gasteiger partial charge in [-0.05, 0) is 31.2 Å². The van der Waals surface area contributed by atoms with E-state index in [4.69, 9.17) is 9.15 Å². The number of imidazole rings is 1. The highest BCUT2D eigenvalue weighted by Crippen LogP contribution is 2.49. The Balaban J connectivity index is 1.22.